The Morgan fingerprint density at radius 3 is 2.58 bits per heavy atom. The van der Waals surface area contributed by atoms with Crippen LogP contribution in [0.2, 0.25) is 0 Å². The Morgan fingerprint density at radius 1 is 1.37 bits per heavy atom. The predicted molar refractivity (Wildman–Crippen MR) is 61.9 cm³/mol. The molecule has 0 atom stereocenters. The molecule has 4 nitrogen and oxygen atoms in total. The standard InChI is InChI=1S/C12H14F3N3O/c13-12(14,15)9-6-3-7-17-10(9)11(19)18(16)8-4-1-2-5-8/h3,6-8H,1-2,4-5,16H2. The van der Waals surface area contributed by atoms with E-state index in [2.05, 4.69) is 4.98 Å². The fraction of sp³-hybridized carbons (Fsp3) is 0.500. The van der Waals surface area contributed by atoms with Gasteiger partial charge in [0.25, 0.3) is 5.91 Å². The van der Waals surface area contributed by atoms with Crippen molar-refractivity contribution in [3.8, 4) is 0 Å². The number of pyridine rings is 1. The molecule has 1 aliphatic rings. The Balaban J connectivity index is 2.28. The fourth-order valence-electron chi connectivity index (χ4n) is 2.28. The van der Waals surface area contributed by atoms with Crippen LogP contribution in [-0.2, 0) is 6.18 Å². The van der Waals surface area contributed by atoms with Crippen molar-refractivity contribution in [3.63, 3.8) is 0 Å². The van der Waals surface area contributed by atoms with Gasteiger partial charge in [-0.05, 0) is 25.0 Å². The highest BCUT2D eigenvalue weighted by Crippen LogP contribution is 2.32. The summed E-state index contributed by atoms with van der Waals surface area (Å²) in [6.07, 6.45) is -0.159. The lowest BCUT2D eigenvalue weighted by atomic mass is 10.1. The molecule has 104 valence electrons. The van der Waals surface area contributed by atoms with Crippen LogP contribution in [0.1, 0.15) is 41.7 Å². The van der Waals surface area contributed by atoms with E-state index in [0.29, 0.717) is 0 Å². The predicted octanol–water partition coefficient (Wildman–Crippen LogP) is 2.36. The quantitative estimate of drug-likeness (QED) is 0.511. The van der Waals surface area contributed by atoms with Crippen LogP contribution in [0.3, 0.4) is 0 Å². The molecule has 19 heavy (non-hydrogen) atoms. The molecule has 0 radical (unpaired) electrons. The van der Waals surface area contributed by atoms with Crippen molar-refractivity contribution in [2.24, 2.45) is 5.84 Å². The van der Waals surface area contributed by atoms with Crippen LogP contribution < -0.4 is 5.84 Å². The molecule has 1 saturated carbocycles. The van der Waals surface area contributed by atoms with E-state index in [-0.39, 0.29) is 6.04 Å². The number of hydrazine groups is 1. The molecule has 1 aliphatic carbocycles. The summed E-state index contributed by atoms with van der Waals surface area (Å²) in [7, 11) is 0. The van der Waals surface area contributed by atoms with Crippen molar-refractivity contribution in [3.05, 3.63) is 29.6 Å². The van der Waals surface area contributed by atoms with E-state index in [1.165, 1.54) is 0 Å². The Morgan fingerprint density at radius 2 is 2.00 bits per heavy atom. The molecule has 0 bridgehead atoms. The molecule has 0 spiro atoms. The van der Waals surface area contributed by atoms with Crippen LogP contribution in [0, 0.1) is 0 Å². The Labute approximate surface area is 108 Å². The molecule has 0 unspecified atom stereocenters. The zero-order valence-electron chi connectivity index (χ0n) is 10.2. The first kappa shape index (κ1) is 13.8. The second kappa shape index (κ2) is 5.16. The lowest BCUT2D eigenvalue weighted by Crippen LogP contribution is -2.45. The molecule has 7 heteroatoms. The number of aromatic nitrogens is 1. The summed E-state index contributed by atoms with van der Waals surface area (Å²) in [6, 6.07) is 1.79. The Hall–Kier alpha value is -1.63. The highest BCUT2D eigenvalue weighted by Gasteiger charge is 2.38. The topological polar surface area (TPSA) is 59.2 Å². The number of hydrogen-bond acceptors (Lipinski definition) is 3. The number of hydrogen-bond donors (Lipinski definition) is 1. The van der Waals surface area contributed by atoms with Crippen LogP contribution >= 0.6 is 0 Å². The third kappa shape index (κ3) is 2.86. The monoisotopic (exact) mass is 273 g/mol. The van der Waals surface area contributed by atoms with Crippen molar-refractivity contribution in [2.45, 2.75) is 37.9 Å². The van der Waals surface area contributed by atoms with Crippen LogP contribution in [-0.4, -0.2) is 21.9 Å². The van der Waals surface area contributed by atoms with Crippen LogP contribution in [0.5, 0.6) is 0 Å². The molecule has 1 aromatic heterocycles. The summed E-state index contributed by atoms with van der Waals surface area (Å²) in [5.41, 5.74) is -1.68. The molecule has 0 saturated heterocycles. The number of rotatable bonds is 2. The third-order valence-electron chi connectivity index (χ3n) is 3.27. The van der Waals surface area contributed by atoms with E-state index in [0.717, 1.165) is 49.0 Å². The van der Waals surface area contributed by atoms with E-state index in [4.69, 9.17) is 5.84 Å². The SMILES string of the molecule is NN(C(=O)c1ncccc1C(F)(F)F)C1CCCC1. The normalized spacial score (nSPS) is 16.6. The second-order valence-corrected chi connectivity index (χ2v) is 4.55. The van der Waals surface area contributed by atoms with Gasteiger partial charge in [0, 0.05) is 12.2 Å². The fourth-order valence-corrected chi connectivity index (χ4v) is 2.28. The molecular formula is C12H14F3N3O. The largest absolute Gasteiger partial charge is 0.418 e. The number of carbonyl (C=O) groups excluding carboxylic acids is 1. The first-order chi connectivity index (χ1) is 8.91. The van der Waals surface area contributed by atoms with Crippen molar-refractivity contribution in [1.82, 2.24) is 9.99 Å². The maximum Gasteiger partial charge on any atom is 0.418 e. The molecule has 1 fully saturated rings. The lowest BCUT2D eigenvalue weighted by Gasteiger charge is -2.24. The van der Waals surface area contributed by atoms with E-state index in [9.17, 15) is 18.0 Å². The van der Waals surface area contributed by atoms with E-state index in [1.807, 2.05) is 0 Å². The van der Waals surface area contributed by atoms with Crippen molar-refractivity contribution < 1.29 is 18.0 Å². The van der Waals surface area contributed by atoms with Gasteiger partial charge in [-0.1, -0.05) is 12.8 Å². The summed E-state index contributed by atoms with van der Waals surface area (Å²) < 4.78 is 38.4. The number of alkyl halides is 3. The minimum absolute atomic E-state index is 0.199. The molecule has 1 aromatic rings. The zero-order chi connectivity index (χ0) is 14.0. The van der Waals surface area contributed by atoms with Gasteiger partial charge in [0.15, 0.2) is 0 Å². The maximum absolute atomic E-state index is 12.8. The van der Waals surface area contributed by atoms with Crippen LogP contribution in [0.15, 0.2) is 18.3 Å². The molecule has 0 aromatic carbocycles. The number of carbonyl (C=O) groups is 1. The molecule has 0 aliphatic heterocycles. The smallest absolute Gasteiger partial charge is 0.272 e. The molecule has 2 N–H and O–H groups in total. The van der Waals surface area contributed by atoms with E-state index >= 15 is 0 Å². The minimum Gasteiger partial charge on any atom is -0.272 e. The average Bonchev–Trinajstić information content (AvgIpc) is 2.90. The first-order valence-electron chi connectivity index (χ1n) is 6.01. The van der Waals surface area contributed by atoms with Gasteiger partial charge in [0.05, 0.1) is 5.56 Å². The number of nitrogens with zero attached hydrogens (tertiary/aromatic N) is 2. The van der Waals surface area contributed by atoms with Gasteiger partial charge in [0.2, 0.25) is 0 Å². The molecule has 1 heterocycles. The molecular weight excluding hydrogens is 259 g/mol. The second-order valence-electron chi connectivity index (χ2n) is 4.55. The highest BCUT2D eigenvalue weighted by atomic mass is 19.4. The van der Waals surface area contributed by atoms with Gasteiger partial charge in [-0.3, -0.25) is 14.8 Å². The average molecular weight is 273 g/mol. The van der Waals surface area contributed by atoms with Crippen molar-refractivity contribution in [1.29, 1.82) is 0 Å². The Bertz CT molecular complexity index is 470. The van der Waals surface area contributed by atoms with Crippen LogP contribution in [0.25, 0.3) is 0 Å². The molecule has 2 rings (SSSR count). The molecule has 1 amide bonds. The first-order valence-corrected chi connectivity index (χ1v) is 6.01. The number of nitrogens with two attached hydrogens (primary N) is 1. The van der Waals surface area contributed by atoms with Gasteiger partial charge in [-0.25, -0.2) is 5.84 Å². The van der Waals surface area contributed by atoms with Crippen molar-refractivity contribution in [2.75, 3.05) is 0 Å². The van der Waals surface area contributed by atoms with Gasteiger partial charge < -0.3 is 0 Å². The summed E-state index contributed by atoms with van der Waals surface area (Å²) in [5, 5.41) is 0.893. The minimum atomic E-state index is -4.62. The number of amides is 1. The summed E-state index contributed by atoms with van der Waals surface area (Å²) in [6.45, 7) is 0. The maximum atomic E-state index is 12.8. The Kier molecular flexibility index (Phi) is 3.75. The summed E-state index contributed by atoms with van der Waals surface area (Å²) >= 11 is 0. The van der Waals surface area contributed by atoms with E-state index < -0.39 is 23.3 Å². The number of halogens is 3. The van der Waals surface area contributed by atoms with Gasteiger partial charge >= 0.3 is 6.18 Å². The van der Waals surface area contributed by atoms with E-state index in [1.54, 1.807) is 0 Å². The van der Waals surface area contributed by atoms with Crippen molar-refractivity contribution >= 4 is 5.91 Å². The van der Waals surface area contributed by atoms with Gasteiger partial charge in [0.1, 0.15) is 5.69 Å². The zero-order valence-corrected chi connectivity index (χ0v) is 10.2. The van der Waals surface area contributed by atoms with Crippen LogP contribution in [0.4, 0.5) is 13.2 Å². The highest BCUT2D eigenvalue weighted by molar-refractivity contribution is 5.93. The summed E-state index contributed by atoms with van der Waals surface area (Å²) in [5.74, 6) is 4.77. The third-order valence-corrected chi connectivity index (χ3v) is 3.27. The lowest BCUT2D eigenvalue weighted by molar-refractivity contribution is -0.138. The van der Waals surface area contributed by atoms with Gasteiger partial charge in [-0.2, -0.15) is 13.2 Å². The van der Waals surface area contributed by atoms with Gasteiger partial charge in [-0.15, -0.1) is 0 Å². The summed E-state index contributed by atoms with van der Waals surface area (Å²) in [4.78, 5) is 15.6.